The molecule has 0 rings (SSSR count). The Morgan fingerprint density at radius 2 is 1.38 bits per heavy atom. The van der Waals surface area contributed by atoms with E-state index >= 15 is 0 Å². The third-order valence-electron chi connectivity index (χ3n) is 4.33. The largest absolute Gasteiger partial charge is 0.467 e. The Morgan fingerprint density at radius 3 is 1.79 bits per heavy atom. The van der Waals surface area contributed by atoms with Crippen molar-refractivity contribution in [2.45, 2.75) is 103 Å². The molecule has 5 nitrogen and oxygen atoms in total. The smallest absolute Gasteiger partial charge is 0.336 e. The predicted octanol–water partition coefficient (Wildman–Crippen LogP) is 3.73. The van der Waals surface area contributed by atoms with Gasteiger partial charge in [-0.15, -0.1) is 0 Å². The lowest BCUT2D eigenvalue weighted by molar-refractivity contribution is -0.152. The molecule has 0 aliphatic rings. The van der Waals surface area contributed by atoms with Crippen LogP contribution in [0.25, 0.3) is 0 Å². The number of carbonyl (C=O) groups excluding carboxylic acids is 2. The van der Waals surface area contributed by atoms with E-state index in [-0.39, 0.29) is 5.91 Å². The van der Waals surface area contributed by atoms with Crippen LogP contribution in [0.4, 0.5) is 0 Å². The van der Waals surface area contributed by atoms with Crippen molar-refractivity contribution in [1.82, 2.24) is 5.32 Å². The Kier molecular flexibility index (Phi) is 14.7. The van der Waals surface area contributed by atoms with E-state index in [1.807, 2.05) is 0 Å². The van der Waals surface area contributed by atoms with E-state index in [0.717, 1.165) is 19.3 Å². The number of ether oxygens (including phenoxy) is 1. The lowest BCUT2D eigenvalue weighted by Crippen LogP contribution is -2.46. The van der Waals surface area contributed by atoms with Crippen LogP contribution in [0.2, 0.25) is 0 Å². The highest BCUT2D eigenvalue weighted by Gasteiger charge is 2.27. The molecule has 0 aliphatic carbocycles. The number of esters is 1. The lowest BCUT2D eigenvalue weighted by atomic mass is 10.0. The first-order chi connectivity index (χ1) is 11.5. The van der Waals surface area contributed by atoms with Crippen LogP contribution >= 0.6 is 0 Å². The molecule has 0 saturated carbocycles. The zero-order valence-corrected chi connectivity index (χ0v) is 15.8. The quantitative estimate of drug-likeness (QED) is 0.351. The van der Waals surface area contributed by atoms with Crippen LogP contribution in [0.5, 0.6) is 0 Å². The maximum Gasteiger partial charge on any atom is 0.336 e. The highest BCUT2D eigenvalue weighted by molar-refractivity contribution is 5.78. The number of methoxy groups -OCH3 is 1. The average molecular weight is 344 g/mol. The highest BCUT2D eigenvalue weighted by atomic mass is 16.5. The molecule has 0 aromatic heterocycles. The summed E-state index contributed by atoms with van der Waals surface area (Å²) in [7, 11) is 1.23. The molecular weight excluding hydrogens is 306 g/mol. The van der Waals surface area contributed by atoms with E-state index < -0.39 is 18.1 Å². The van der Waals surface area contributed by atoms with E-state index in [9.17, 15) is 14.7 Å². The number of carbonyl (C=O) groups is 2. The van der Waals surface area contributed by atoms with Gasteiger partial charge in [-0.2, -0.15) is 0 Å². The van der Waals surface area contributed by atoms with Gasteiger partial charge in [-0.05, 0) is 6.42 Å². The number of hydrogen-bond donors (Lipinski definition) is 2. The summed E-state index contributed by atoms with van der Waals surface area (Å²) < 4.78 is 4.54. The van der Waals surface area contributed by atoms with E-state index in [1.165, 1.54) is 65.4 Å². The molecule has 0 radical (unpaired) electrons. The summed E-state index contributed by atoms with van der Waals surface area (Å²) in [6.07, 6.45) is 13.0. The Balaban J connectivity index is 3.73. The number of nitrogens with one attached hydrogen (secondary N) is 1. The van der Waals surface area contributed by atoms with Gasteiger partial charge in [0.25, 0.3) is 0 Å². The summed E-state index contributed by atoms with van der Waals surface area (Å²) in [5.41, 5.74) is 0. The van der Waals surface area contributed by atoms with Gasteiger partial charge in [-0.25, -0.2) is 4.79 Å². The Labute approximate surface area is 147 Å². The summed E-state index contributed by atoms with van der Waals surface area (Å²) in [4.78, 5) is 22.6. The van der Waals surface area contributed by atoms with Gasteiger partial charge in [0.2, 0.25) is 5.91 Å². The standard InChI is InChI=1S/C19H37NO4/c1-4-5-6-7-8-9-10-11-12-13-14-15-17(20-16(2)21)18(22)19(23)24-3/h17-18,22H,4-15H2,1-3H3,(H,20,21). The molecule has 24 heavy (non-hydrogen) atoms. The second-order valence-electron chi connectivity index (χ2n) is 6.60. The van der Waals surface area contributed by atoms with E-state index in [2.05, 4.69) is 17.0 Å². The number of unbranched alkanes of at least 4 members (excludes halogenated alkanes) is 10. The third-order valence-corrected chi connectivity index (χ3v) is 4.33. The van der Waals surface area contributed by atoms with Gasteiger partial charge in [-0.1, -0.05) is 77.6 Å². The molecule has 0 fully saturated rings. The van der Waals surface area contributed by atoms with Crippen LogP contribution in [0, 0.1) is 0 Å². The molecule has 2 unspecified atom stereocenters. The highest BCUT2D eigenvalue weighted by Crippen LogP contribution is 2.13. The summed E-state index contributed by atoms with van der Waals surface area (Å²) in [6.45, 7) is 3.62. The molecule has 0 heterocycles. The molecule has 0 aromatic carbocycles. The fourth-order valence-electron chi connectivity index (χ4n) is 2.88. The molecule has 0 bridgehead atoms. The maximum atomic E-state index is 11.4. The number of amides is 1. The molecule has 142 valence electrons. The first-order valence-electron chi connectivity index (χ1n) is 9.55. The van der Waals surface area contributed by atoms with Crippen LogP contribution < -0.4 is 5.32 Å². The van der Waals surface area contributed by atoms with Crippen LogP contribution in [-0.4, -0.2) is 36.2 Å². The zero-order chi connectivity index (χ0) is 18.2. The fourth-order valence-corrected chi connectivity index (χ4v) is 2.88. The van der Waals surface area contributed by atoms with Gasteiger partial charge in [-0.3, -0.25) is 4.79 Å². The normalized spacial score (nSPS) is 13.3. The van der Waals surface area contributed by atoms with Crippen LogP contribution in [0.3, 0.4) is 0 Å². The molecule has 0 aromatic rings. The summed E-state index contributed by atoms with van der Waals surface area (Å²) >= 11 is 0. The van der Waals surface area contributed by atoms with E-state index in [0.29, 0.717) is 6.42 Å². The van der Waals surface area contributed by atoms with Gasteiger partial charge in [0.1, 0.15) is 0 Å². The molecule has 1 amide bonds. The van der Waals surface area contributed by atoms with Gasteiger partial charge < -0.3 is 15.2 Å². The molecule has 2 atom stereocenters. The lowest BCUT2D eigenvalue weighted by Gasteiger charge is -2.21. The maximum absolute atomic E-state index is 11.4. The van der Waals surface area contributed by atoms with E-state index in [4.69, 9.17) is 0 Å². The fraction of sp³-hybridized carbons (Fsp3) is 0.895. The number of hydrogen-bond acceptors (Lipinski definition) is 4. The van der Waals surface area contributed by atoms with Crippen molar-refractivity contribution in [3.8, 4) is 0 Å². The Morgan fingerprint density at radius 1 is 0.917 bits per heavy atom. The van der Waals surface area contributed by atoms with Crippen molar-refractivity contribution in [3.63, 3.8) is 0 Å². The van der Waals surface area contributed by atoms with Crippen molar-refractivity contribution >= 4 is 11.9 Å². The van der Waals surface area contributed by atoms with Gasteiger partial charge in [0, 0.05) is 6.92 Å². The number of aliphatic hydroxyl groups excluding tert-OH is 1. The average Bonchev–Trinajstić information content (AvgIpc) is 2.56. The monoisotopic (exact) mass is 343 g/mol. The Hall–Kier alpha value is -1.10. The van der Waals surface area contributed by atoms with Gasteiger partial charge in [0.05, 0.1) is 13.2 Å². The molecule has 0 aliphatic heterocycles. The minimum Gasteiger partial charge on any atom is -0.467 e. The van der Waals surface area contributed by atoms with Crippen molar-refractivity contribution in [1.29, 1.82) is 0 Å². The van der Waals surface area contributed by atoms with Crippen molar-refractivity contribution in [2.24, 2.45) is 0 Å². The number of aliphatic hydroxyl groups is 1. The molecule has 0 spiro atoms. The predicted molar refractivity (Wildman–Crippen MR) is 96.7 cm³/mol. The van der Waals surface area contributed by atoms with Crippen molar-refractivity contribution < 1.29 is 19.4 Å². The minimum absolute atomic E-state index is 0.244. The first kappa shape index (κ1) is 22.9. The summed E-state index contributed by atoms with van der Waals surface area (Å²) in [6, 6.07) is -0.562. The van der Waals surface area contributed by atoms with Crippen molar-refractivity contribution in [3.05, 3.63) is 0 Å². The zero-order valence-electron chi connectivity index (χ0n) is 15.8. The van der Waals surface area contributed by atoms with Gasteiger partial charge in [0.15, 0.2) is 6.10 Å². The van der Waals surface area contributed by atoms with E-state index in [1.54, 1.807) is 0 Å². The SMILES string of the molecule is CCCCCCCCCCCCCC(NC(C)=O)C(O)C(=O)OC. The van der Waals surface area contributed by atoms with Crippen LogP contribution in [0.15, 0.2) is 0 Å². The Bertz CT molecular complexity index is 333. The molecule has 0 saturated heterocycles. The van der Waals surface area contributed by atoms with Gasteiger partial charge >= 0.3 is 5.97 Å². The topological polar surface area (TPSA) is 75.6 Å². The molecular formula is C19H37NO4. The summed E-state index contributed by atoms with van der Waals surface area (Å²) in [5.74, 6) is -0.942. The van der Waals surface area contributed by atoms with Crippen LogP contribution in [-0.2, 0) is 14.3 Å². The molecule has 5 heteroatoms. The van der Waals surface area contributed by atoms with Crippen molar-refractivity contribution in [2.75, 3.05) is 7.11 Å². The third kappa shape index (κ3) is 12.3. The second-order valence-corrected chi connectivity index (χ2v) is 6.60. The summed E-state index contributed by atoms with van der Waals surface area (Å²) in [5, 5.41) is 12.5. The first-order valence-corrected chi connectivity index (χ1v) is 9.55. The molecule has 2 N–H and O–H groups in total. The number of rotatable bonds is 15. The second kappa shape index (κ2) is 15.4. The minimum atomic E-state index is -1.29. The van der Waals surface area contributed by atoms with Crippen LogP contribution in [0.1, 0.15) is 90.9 Å².